The Hall–Kier alpha value is -1.18. The van der Waals surface area contributed by atoms with Crippen molar-refractivity contribution in [1.29, 1.82) is 0 Å². The third-order valence-electron chi connectivity index (χ3n) is 2.73. The predicted molar refractivity (Wildman–Crippen MR) is 59.2 cm³/mol. The summed E-state index contributed by atoms with van der Waals surface area (Å²) < 4.78 is 12.6. The van der Waals surface area contributed by atoms with E-state index in [0.29, 0.717) is 6.42 Å². The van der Waals surface area contributed by atoms with Crippen molar-refractivity contribution in [2.45, 2.75) is 33.1 Å². The van der Waals surface area contributed by atoms with E-state index >= 15 is 0 Å². The molecule has 0 saturated carbocycles. The molecule has 0 spiro atoms. The molecule has 0 amide bonds. The zero-order valence-electron chi connectivity index (χ0n) is 9.29. The van der Waals surface area contributed by atoms with Crippen molar-refractivity contribution >= 4 is 5.78 Å². The SMILES string of the molecule is CCC(CC)C(=O)Cc1ccc(F)cc1. The highest BCUT2D eigenvalue weighted by Crippen LogP contribution is 2.13. The minimum absolute atomic E-state index is 0.148. The summed E-state index contributed by atoms with van der Waals surface area (Å²) in [6.45, 7) is 4.05. The number of carbonyl (C=O) groups is 1. The quantitative estimate of drug-likeness (QED) is 0.725. The van der Waals surface area contributed by atoms with Gasteiger partial charge in [0.15, 0.2) is 0 Å². The average Bonchev–Trinajstić information content (AvgIpc) is 2.23. The molecule has 1 rings (SSSR count). The molecule has 2 heteroatoms. The lowest BCUT2D eigenvalue weighted by Crippen LogP contribution is -2.15. The summed E-state index contributed by atoms with van der Waals surface area (Å²) in [4.78, 5) is 11.8. The van der Waals surface area contributed by atoms with Gasteiger partial charge in [-0.1, -0.05) is 26.0 Å². The molecular weight excluding hydrogens is 191 g/mol. The van der Waals surface area contributed by atoms with Gasteiger partial charge in [0.2, 0.25) is 0 Å². The number of benzene rings is 1. The van der Waals surface area contributed by atoms with Crippen molar-refractivity contribution in [3.8, 4) is 0 Å². The highest BCUT2D eigenvalue weighted by molar-refractivity contribution is 5.83. The van der Waals surface area contributed by atoms with Crippen LogP contribution in [-0.2, 0) is 11.2 Å². The summed E-state index contributed by atoms with van der Waals surface area (Å²) in [6, 6.07) is 6.15. The summed E-state index contributed by atoms with van der Waals surface area (Å²) in [7, 11) is 0. The third-order valence-corrected chi connectivity index (χ3v) is 2.73. The molecule has 0 aliphatic heterocycles. The van der Waals surface area contributed by atoms with Crippen molar-refractivity contribution in [2.75, 3.05) is 0 Å². The molecule has 0 fully saturated rings. The molecule has 0 atom stereocenters. The van der Waals surface area contributed by atoms with Crippen LogP contribution < -0.4 is 0 Å². The van der Waals surface area contributed by atoms with Gasteiger partial charge in [-0.2, -0.15) is 0 Å². The van der Waals surface area contributed by atoms with E-state index in [1.54, 1.807) is 12.1 Å². The van der Waals surface area contributed by atoms with Gasteiger partial charge in [0.25, 0.3) is 0 Å². The Morgan fingerprint density at radius 1 is 1.20 bits per heavy atom. The van der Waals surface area contributed by atoms with E-state index in [1.807, 2.05) is 13.8 Å². The van der Waals surface area contributed by atoms with E-state index in [1.165, 1.54) is 12.1 Å². The van der Waals surface area contributed by atoms with Crippen LogP contribution in [0.25, 0.3) is 0 Å². The first-order chi connectivity index (χ1) is 7.17. The van der Waals surface area contributed by atoms with Crippen LogP contribution >= 0.6 is 0 Å². The molecule has 0 aliphatic carbocycles. The molecule has 0 heterocycles. The molecule has 1 aromatic carbocycles. The van der Waals surface area contributed by atoms with Crippen molar-refractivity contribution in [3.05, 3.63) is 35.6 Å². The zero-order chi connectivity index (χ0) is 11.3. The van der Waals surface area contributed by atoms with Gasteiger partial charge in [-0.3, -0.25) is 4.79 Å². The fraction of sp³-hybridized carbons (Fsp3) is 0.462. The number of hydrogen-bond donors (Lipinski definition) is 0. The van der Waals surface area contributed by atoms with E-state index in [0.717, 1.165) is 18.4 Å². The first-order valence-corrected chi connectivity index (χ1v) is 5.44. The van der Waals surface area contributed by atoms with Gasteiger partial charge in [0.1, 0.15) is 11.6 Å². The van der Waals surface area contributed by atoms with Gasteiger partial charge in [0.05, 0.1) is 0 Å². The second-order valence-corrected chi connectivity index (χ2v) is 3.78. The Balaban J connectivity index is 2.61. The molecule has 0 aliphatic rings. The van der Waals surface area contributed by atoms with E-state index < -0.39 is 0 Å². The van der Waals surface area contributed by atoms with Crippen LogP contribution in [0.4, 0.5) is 4.39 Å². The molecule has 15 heavy (non-hydrogen) atoms. The van der Waals surface area contributed by atoms with E-state index in [-0.39, 0.29) is 17.5 Å². The molecule has 82 valence electrons. The lowest BCUT2D eigenvalue weighted by Gasteiger charge is -2.10. The average molecular weight is 208 g/mol. The zero-order valence-corrected chi connectivity index (χ0v) is 9.29. The highest BCUT2D eigenvalue weighted by Gasteiger charge is 2.14. The summed E-state index contributed by atoms with van der Waals surface area (Å²) in [5.74, 6) is 0.149. The van der Waals surface area contributed by atoms with Crippen molar-refractivity contribution in [2.24, 2.45) is 5.92 Å². The van der Waals surface area contributed by atoms with Gasteiger partial charge < -0.3 is 0 Å². The number of hydrogen-bond acceptors (Lipinski definition) is 1. The van der Waals surface area contributed by atoms with Gasteiger partial charge in [-0.25, -0.2) is 4.39 Å². The highest BCUT2D eigenvalue weighted by atomic mass is 19.1. The standard InChI is InChI=1S/C13H17FO/c1-3-11(4-2)13(15)9-10-5-7-12(14)8-6-10/h5-8,11H,3-4,9H2,1-2H3. The molecule has 0 unspecified atom stereocenters. The van der Waals surface area contributed by atoms with Gasteiger partial charge in [-0.15, -0.1) is 0 Å². The Labute approximate surface area is 90.3 Å². The Morgan fingerprint density at radius 3 is 2.20 bits per heavy atom. The van der Waals surface area contributed by atoms with E-state index in [9.17, 15) is 9.18 Å². The Morgan fingerprint density at radius 2 is 1.73 bits per heavy atom. The Bertz CT molecular complexity index is 312. The fourth-order valence-corrected chi connectivity index (χ4v) is 1.69. The molecule has 1 aromatic rings. The van der Waals surface area contributed by atoms with Gasteiger partial charge >= 0.3 is 0 Å². The number of rotatable bonds is 5. The molecule has 0 saturated heterocycles. The van der Waals surface area contributed by atoms with Crippen molar-refractivity contribution in [3.63, 3.8) is 0 Å². The monoisotopic (exact) mass is 208 g/mol. The molecule has 0 bridgehead atoms. The smallest absolute Gasteiger partial charge is 0.140 e. The summed E-state index contributed by atoms with van der Waals surface area (Å²) in [5.41, 5.74) is 0.897. The maximum absolute atomic E-state index is 12.6. The second kappa shape index (κ2) is 5.64. The van der Waals surface area contributed by atoms with Gasteiger partial charge in [0, 0.05) is 12.3 Å². The van der Waals surface area contributed by atoms with Crippen molar-refractivity contribution < 1.29 is 9.18 Å². The first kappa shape index (κ1) is 11.9. The molecular formula is C13H17FO. The molecule has 1 nitrogen and oxygen atoms in total. The van der Waals surface area contributed by atoms with Crippen molar-refractivity contribution in [1.82, 2.24) is 0 Å². The van der Waals surface area contributed by atoms with Crippen LogP contribution in [0.1, 0.15) is 32.3 Å². The van der Waals surface area contributed by atoms with Gasteiger partial charge in [-0.05, 0) is 30.5 Å². The van der Waals surface area contributed by atoms with E-state index in [2.05, 4.69) is 0 Å². The summed E-state index contributed by atoms with van der Waals surface area (Å²) in [5, 5.41) is 0. The first-order valence-electron chi connectivity index (χ1n) is 5.44. The Kier molecular flexibility index (Phi) is 4.47. The number of Topliss-reactive ketones (excluding diaryl/α,β-unsaturated/α-hetero) is 1. The number of carbonyl (C=O) groups excluding carboxylic acids is 1. The number of ketones is 1. The topological polar surface area (TPSA) is 17.1 Å². The van der Waals surface area contributed by atoms with Crippen LogP contribution in [0, 0.1) is 11.7 Å². The molecule has 0 aromatic heterocycles. The lowest BCUT2D eigenvalue weighted by atomic mass is 9.93. The maximum Gasteiger partial charge on any atom is 0.140 e. The molecule has 0 radical (unpaired) electrons. The van der Waals surface area contributed by atoms with Crippen LogP contribution in [0.5, 0.6) is 0 Å². The maximum atomic E-state index is 12.6. The summed E-state index contributed by atoms with van der Waals surface area (Å²) >= 11 is 0. The normalized spacial score (nSPS) is 10.7. The van der Waals surface area contributed by atoms with E-state index in [4.69, 9.17) is 0 Å². The van der Waals surface area contributed by atoms with Crippen LogP contribution in [0.15, 0.2) is 24.3 Å². The lowest BCUT2D eigenvalue weighted by molar-refractivity contribution is -0.122. The second-order valence-electron chi connectivity index (χ2n) is 3.78. The minimum Gasteiger partial charge on any atom is -0.299 e. The van der Waals surface area contributed by atoms with Crippen LogP contribution in [0.2, 0.25) is 0 Å². The largest absolute Gasteiger partial charge is 0.299 e. The minimum atomic E-state index is -0.256. The fourth-order valence-electron chi connectivity index (χ4n) is 1.69. The van der Waals surface area contributed by atoms with Crippen LogP contribution in [-0.4, -0.2) is 5.78 Å². The van der Waals surface area contributed by atoms with Crippen LogP contribution in [0.3, 0.4) is 0 Å². The molecule has 0 N–H and O–H groups in total. The number of halogens is 1. The third kappa shape index (κ3) is 3.46. The summed E-state index contributed by atoms with van der Waals surface area (Å²) in [6.07, 6.45) is 2.19. The predicted octanol–water partition coefficient (Wildman–Crippen LogP) is 3.37.